The minimum absolute atomic E-state index is 0.0557. The Kier molecular flexibility index (Phi) is 9.31. The molecule has 0 fully saturated rings. The van der Waals surface area contributed by atoms with Crippen molar-refractivity contribution in [2.75, 3.05) is 27.4 Å². The van der Waals surface area contributed by atoms with Gasteiger partial charge in [0.1, 0.15) is 0 Å². The molecule has 0 aromatic heterocycles. The lowest BCUT2D eigenvalue weighted by molar-refractivity contribution is 0.185. The first-order chi connectivity index (χ1) is 14.1. The average Bonchev–Trinajstić information content (AvgIpc) is 2.73. The van der Waals surface area contributed by atoms with E-state index >= 15 is 0 Å². The van der Waals surface area contributed by atoms with Crippen LogP contribution in [-0.2, 0) is 17.9 Å². The zero-order valence-electron chi connectivity index (χ0n) is 18.1. The first kappa shape index (κ1) is 22.6. The quantitative estimate of drug-likeness (QED) is 0.466. The SMILES string of the molecule is CCOc1ccc(C(C)NC(=NC)NCc2ccc(COC)cc2)cc1OCC. The van der Waals surface area contributed by atoms with Gasteiger partial charge in [-0.05, 0) is 49.6 Å². The van der Waals surface area contributed by atoms with E-state index in [1.54, 1.807) is 14.2 Å². The number of methoxy groups -OCH3 is 1. The monoisotopic (exact) mass is 399 g/mol. The molecule has 0 spiro atoms. The third-order valence-electron chi connectivity index (χ3n) is 4.44. The van der Waals surface area contributed by atoms with Crippen molar-refractivity contribution in [3.63, 3.8) is 0 Å². The highest BCUT2D eigenvalue weighted by atomic mass is 16.5. The smallest absolute Gasteiger partial charge is 0.191 e. The highest BCUT2D eigenvalue weighted by Crippen LogP contribution is 2.30. The van der Waals surface area contributed by atoms with Crippen LogP contribution < -0.4 is 20.1 Å². The second-order valence-corrected chi connectivity index (χ2v) is 6.61. The maximum Gasteiger partial charge on any atom is 0.191 e. The van der Waals surface area contributed by atoms with Crippen LogP contribution in [0.25, 0.3) is 0 Å². The third-order valence-corrected chi connectivity index (χ3v) is 4.44. The fourth-order valence-electron chi connectivity index (χ4n) is 2.93. The average molecular weight is 400 g/mol. The maximum absolute atomic E-state index is 5.74. The van der Waals surface area contributed by atoms with Gasteiger partial charge in [0.25, 0.3) is 0 Å². The van der Waals surface area contributed by atoms with Crippen LogP contribution in [0.3, 0.4) is 0 Å². The van der Waals surface area contributed by atoms with Crippen LogP contribution in [0.2, 0.25) is 0 Å². The van der Waals surface area contributed by atoms with Gasteiger partial charge >= 0.3 is 0 Å². The van der Waals surface area contributed by atoms with Gasteiger partial charge in [-0.1, -0.05) is 30.3 Å². The van der Waals surface area contributed by atoms with E-state index < -0.39 is 0 Å². The van der Waals surface area contributed by atoms with Crippen LogP contribution in [0, 0.1) is 0 Å². The number of benzene rings is 2. The van der Waals surface area contributed by atoms with Crippen molar-refractivity contribution >= 4 is 5.96 Å². The molecule has 0 heterocycles. The van der Waals surface area contributed by atoms with E-state index in [1.807, 2.05) is 32.0 Å². The highest BCUT2D eigenvalue weighted by Gasteiger charge is 2.12. The predicted molar refractivity (Wildman–Crippen MR) is 118 cm³/mol. The summed E-state index contributed by atoms with van der Waals surface area (Å²) in [6.07, 6.45) is 0. The van der Waals surface area contributed by atoms with Crippen LogP contribution in [-0.4, -0.2) is 33.3 Å². The van der Waals surface area contributed by atoms with Gasteiger partial charge in [0.2, 0.25) is 0 Å². The van der Waals surface area contributed by atoms with E-state index in [9.17, 15) is 0 Å². The molecule has 0 bridgehead atoms. The fourth-order valence-corrected chi connectivity index (χ4v) is 2.93. The number of guanidine groups is 1. The van der Waals surface area contributed by atoms with Crippen molar-refractivity contribution in [1.82, 2.24) is 10.6 Å². The topological polar surface area (TPSA) is 64.1 Å². The van der Waals surface area contributed by atoms with E-state index in [-0.39, 0.29) is 6.04 Å². The second-order valence-electron chi connectivity index (χ2n) is 6.61. The molecule has 0 saturated heterocycles. The summed E-state index contributed by atoms with van der Waals surface area (Å²) in [7, 11) is 3.47. The molecule has 0 aliphatic carbocycles. The summed E-state index contributed by atoms with van der Waals surface area (Å²) in [5, 5.41) is 6.79. The summed E-state index contributed by atoms with van der Waals surface area (Å²) >= 11 is 0. The Bertz CT molecular complexity index is 775. The molecule has 2 rings (SSSR count). The van der Waals surface area contributed by atoms with E-state index in [0.717, 1.165) is 28.6 Å². The second kappa shape index (κ2) is 12.0. The van der Waals surface area contributed by atoms with Gasteiger partial charge in [0, 0.05) is 20.7 Å². The molecule has 0 aliphatic heterocycles. The van der Waals surface area contributed by atoms with Crippen molar-refractivity contribution in [3.8, 4) is 11.5 Å². The molecular weight excluding hydrogens is 366 g/mol. The molecule has 2 aromatic carbocycles. The van der Waals surface area contributed by atoms with Gasteiger partial charge in [-0.25, -0.2) is 0 Å². The molecule has 2 aromatic rings. The molecule has 1 atom stereocenters. The lowest BCUT2D eigenvalue weighted by Gasteiger charge is -2.20. The normalized spacial score (nSPS) is 12.4. The Morgan fingerprint density at radius 2 is 1.62 bits per heavy atom. The molecule has 158 valence electrons. The Labute approximate surface area is 174 Å². The predicted octanol–water partition coefficient (Wildman–Crippen LogP) is 4.06. The van der Waals surface area contributed by atoms with Crippen LogP contribution in [0.1, 0.15) is 43.5 Å². The number of hydrogen-bond acceptors (Lipinski definition) is 4. The van der Waals surface area contributed by atoms with E-state index in [2.05, 4.69) is 46.8 Å². The summed E-state index contributed by atoms with van der Waals surface area (Å²) in [5.74, 6) is 2.27. The Morgan fingerprint density at radius 1 is 0.966 bits per heavy atom. The highest BCUT2D eigenvalue weighted by molar-refractivity contribution is 5.80. The molecular formula is C23H33N3O3. The van der Waals surface area contributed by atoms with Crippen LogP contribution in [0.4, 0.5) is 0 Å². The number of nitrogens with one attached hydrogen (secondary N) is 2. The zero-order valence-corrected chi connectivity index (χ0v) is 18.1. The van der Waals surface area contributed by atoms with Crippen molar-refractivity contribution in [2.45, 2.75) is 40.0 Å². The molecule has 0 radical (unpaired) electrons. The molecule has 1 unspecified atom stereocenters. The minimum Gasteiger partial charge on any atom is -0.490 e. The molecule has 6 nitrogen and oxygen atoms in total. The van der Waals surface area contributed by atoms with Crippen molar-refractivity contribution in [1.29, 1.82) is 0 Å². The summed E-state index contributed by atoms with van der Waals surface area (Å²) in [5.41, 5.74) is 3.44. The molecule has 2 N–H and O–H groups in total. The largest absolute Gasteiger partial charge is 0.490 e. The molecule has 0 saturated carbocycles. The maximum atomic E-state index is 5.74. The third kappa shape index (κ3) is 6.98. The van der Waals surface area contributed by atoms with Crippen molar-refractivity contribution < 1.29 is 14.2 Å². The van der Waals surface area contributed by atoms with Crippen LogP contribution in [0.15, 0.2) is 47.5 Å². The summed E-state index contributed by atoms with van der Waals surface area (Å²) < 4.78 is 16.5. The Hall–Kier alpha value is -2.73. The number of hydrogen-bond donors (Lipinski definition) is 2. The molecule has 29 heavy (non-hydrogen) atoms. The van der Waals surface area contributed by atoms with Crippen LogP contribution in [0.5, 0.6) is 11.5 Å². The summed E-state index contributed by atoms with van der Waals surface area (Å²) in [6, 6.07) is 14.4. The van der Waals surface area contributed by atoms with Gasteiger partial charge in [-0.15, -0.1) is 0 Å². The number of nitrogens with zero attached hydrogens (tertiary/aromatic N) is 1. The van der Waals surface area contributed by atoms with E-state index in [0.29, 0.717) is 26.4 Å². The van der Waals surface area contributed by atoms with Gasteiger partial charge in [-0.3, -0.25) is 4.99 Å². The molecule has 6 heteroatoms. The first-order valence-electron chi connectivity index (χ1n) is 10.0. The van der Waals surface area contributed by atoms with Gasteiger partial charge < -0.3 is 24.8 Å². The first-order valence-corrected chi connectivity index (χ1v) is 10.0. The lowest BCUT2D eigenvalue weighted by atomic mass is 10.1. The molecule has 0 amide bonds. The van der Waals surface area contributed by atoms with Crippen molar-refractivity contribution in [2.24, 2.45) is 4.99 Å². The Morgan fingerprint density at radius 3 is 2.24 bits per heavy atom. The van der Waals surface area contributed by atoms with Gasteiger partial charge in [0.15, 0.2) is 17.5 Å². The fraction of sp³-hybridized carbons (Fsp3) is 0.435. The van der Waals surface area contributed by atoms with Crippen LogP contribution >= 0.6 is 0 Å². The van der Waals surface area contributed by atoms with E-state index in [4.69, 9.17) is 14.2 Å². The van der Waals surface area contributed by atoms with Gasteiger partial charge in [-0.2, -0.15) is 0 Å². The number of ether oxygens (including phenoxy) is 3. The zero-order chi connectivity index (χ0) is 21.1. The summed E-state index contributed by atoms with van der Waals surface area (Å²) in [4.78, 5) is 4.34. The molecule has 0 aliphatic rings. The number of aliphatic imine (C=N–C) groups is 1. The summed E-state index contributed by atoms with van der Waals surface area (Å²) in [6.45, 7) is 8.55. The standard InChI is InChI=1S/C23H33N3O3/c1-6-28-21-13-12-20(14-22(21)29-7-2)17(3)26-23(24-4)25-15-18-8-10-19(11-9-18)16-27-5/h8-14,17H,6-7,15-16H2,1-5H3,(H2,24,25,26). The van der Waals surface area contributed by atoms with Crippen molar-refractivity contribution in [3.05, 3.63) is 59.2 Å². The minimum atomic E-state index is 0.0557. The van der Waals surface area contributed by atoms with Gasteiger partial charge in [0.05, 0.1) is 25.9 Å². The Balaban J connectivity index is 1.98. The lowest BCUT2D eigenvalue weighted by Crippen LogP contribution is -2.38. The van der Waals surface area contributed by atoms with E-state index in [1.165, 1.54) is 5.56 Å². The number of rotatable bonds is 10.